The molecule has 1 heterocycles. The van der Waals surface area contributed by atoms with Crippen LogP contribution in [0.25, 0.3) is 0 Å². The van der Waals surface area contributed by atoms with E-state index >= 15 is 0 Å². The van der Waals surface area contributed by atoms with Gasteiger partial charge >= 0.3 is 0 Å². The minimum atomic E-state index is 0.354. The summed E-state index contributed by atoms with van der Waals surface area (Å²) in [4.78, 5) is 2.49. The predicted molar refractivity (Wildman–Crippen MR) is 54.7 cm³/mol. The fourth-order valence-corrected chi connectivity index (χ4v) is 1.93. The lowest BCUT2D eigenvalue weighted by Crippen LogP contribution is -2.30. The molecule has 2 atom stereocenters. The van der Waals surface area contributed by atoms with Crippen LogP contribution in [0.5, 0.6) is 0 Å². The molecule has 0 bridgehead atoms. The van der Waals surface area contributed by atoms with Crippen molar-refractivity contribution in [2.75, 3.05) is 33.4 Å². The molecule has 2 unspecified atom stereocenters. The highest BCUT2D eigenvalue weighted by Crippen LogP contribution is 2.18. The summed E-state index contributed by atoms with van der Waals surface area (Å²) in [7, 11) is 1.76. The first-order chi connectivity index (χ1) is 6.24. The molecule has 0 aromatic rings. The number of nitrogens with zero attached hydrogens (tertiary/aromatic N) is 1. The molecule has 2 N–H and O–H groups in total. The molecule has 3 nitrogen and oxygen atoms in total. The molecular formula is C10H22N2O. The number of likely N-dealkylation sites (tertiary alicyclic amines) is 1. The van der Waals surface area contributed by atoms with Crippen molar-refractivity contribution >= 4 is 0 Å². The summed E-state index contributed by atoms with van der Waals surface area (Å²) in [5, 5.41) is 0. The summed E-state index contributed by atoms with van der Waals surface area (Å²) in [6.45, 7) is 6.55. The standard InChI is InChI=1S/C10H22N2O/c1-9(11)10-4-6-12(8-10)5-3-7-13-2/h9-10H,3-8,11H2,1-2H3. The number of methoxy groups -OCH3 is 1. The van der Waals surface area contributed by atoms with Gasteiger partial charge in [-0.3, -0.25) is 0 Å². The normalized spacial score (nSPS) is 26.5. The van der Waals surface area contributed by atoms with Crippen LogP contribution in [-0.4, -0.2) is 44.3 Å². The zero-order valence-corrected chi connectivity index (χ0v) is 8.83. The van der Waals surface area contributed by atoms with Crippen molar-refractivity contribution in [1.82, 2.24) is 4.90 Å². The van der Waals surface area contributed by atoms with Gasteiger partial charge in [-0.15, -0.1) is 0 Å². The van der Waals surface area contributed by atoms with E-state index in [0.717, 1.165) is 19.6 Å². The monoisotopic (exact) mass is 186 g/mol. The van der Waals surface area contributed by atoms with Gasteiger partial charge in [-0.1, -0.05) is 0 Å². The van der Waals surface area contributed by atoms with E-state index in [0.29, 0.717) is 12.0 Å². The molecular weight excluding hydrogens is 164 g/mol. The van der Waals surface area contributed by atoms with Crippen molar-refractivity contribution in [2.24, 2.45) is 11.7 Å². The highest BCUT2D eigenvalue weighted by Gasteiger charge is 2.24. The lowest BCUT2D eigenvalue weighted by molar-refractivity contribution is 0.178. The predicted octanol–water partition coefficient (Wildman–Crippen LogP) is 0.692. The molecule has 1 saturated heterocycles. The van der Waals surface area contributed by atoms with Gasteiger partial charge in [0.1, 0.15) is 0 Å². The van der Waals surface area contributed by atoms with Crippen LogP contribution in [-0.2, 0) is 4.74 Å². The van der Waals surface area contributed by atoms with Crippen LogP contribution in [0, 0.1) is 5.92 Å². The molecule has 0 spiro atoms. The first kappa shape index (κ1) is 11.0. The molecule has 0 aromatic carbocycles. The van der Waals surface area contributed by atoms with Gasteiger partial charge in [-0.2, -0.15) is 0 Å². The average molecular weight is 186 g/mol. The first-order valence-corrected chi connectivity index (χ1v) is 5.21. The Morgan fingerprint density at radius 1 is 1.62 bits per heavy atom. The summed E-state index contributed by atoms with van der Waals surface area (Å²) >= 11 is 0. The number of nitrogens with two attached hydrogens (primary N) is 1. The summed E-state index contributed by atoms with van der Waals surface area (Å²) in [5.74, 6) is 0.711. The van der Waals surface area contributed by atoms with Crippen LogP contribution < -0.4 is 5.73 Å². The van der Waals surface area contributed by atoms with Gasteiger partial charge in [0.05, 0.1) is 0 Å². The van der Waals surface area contributed by atoms with Crippen LogP contribution >= 0.6 is 0 Å². The first-order valence-electron chi connectivity index (χ1n) is 5.21. The summed E-state index contributed by atoms with van der Waals surface area (Å²) in [5.41, 5.74) is 5.86. The summed E-state index contributed by atoms with van der Waals surface area (Å²) < 4.78 is 5.02. The second-order valence-corrected chi connectivity index (χ2v) is 4.05. The average Bonchev–Trinajstić information content (AvgIpc) is 2.53. The maximum atomic E-state index is 5.86. The van der Waals surface area contributed by atoms with Crippen LogP contribution in [0.3, 0.4) is 0 Å². The molecule has 13 heavy (non-hydrogen) atoms. The Bertz CT molecular complexity index is 139. The fourth-order valence-electron chi connectivity index (χ4n) is 1.93. The Morgan fingerprint density at radius 3 is 2.92 bits per heavy atom. The van der Waals surface area contributed by atoms with E-state index in [1.807, 2.05) is 0 Å². The van der Waals surface area contributed by atoms with Gasteiger partial charge in [-0.25, -0.2) is 0 Å². The van der Waals surface area contributed by atoms with Crippen molar-refractivity contribution in [3.05, 3.63) is 0 Å². The summed E-state index contributed by atoms with van der Waals surface area (Å²) in [6.07, 6.45) is 2.41. The van der Waals surface area contributed by atoms with E-state index < -0.39 is 0 Å². The maximum Gasteiger partial charge on any atom is 0.0474 e. The Balaban J connectivity index is 2.10. The van der Waals surface area contributed by atoms with Crippen molar-refractivity contribution in [2.45, 2.75) is 25.8 Å². The van der Waals surface area contributed by atoms with E-state index in [1.54, 1.807) is 7.11 Å². The van der Waals surface area contributed by atoms with Crippen LogP contribution in [0.15, 0.2) is 0 Å². The zero-order valence-electron chi connectivity index (χ0n) is 8.83. The van der Waals surface area contributed by atoms with Crippen molar-refractivity contribution < 1.29 is 4.74 Å². The smallest absolute Gasteiger partial charge is 0.0474 e. The molecule has 0 amide bonds. The van der Waals surface area contributed by atoms with Gasteiger partial charge in [0, 0.05) is 32.8 Å². The molecule has 0 saturated carbocycles. The Kier molecular flexibility index (Phi) is 4.70. The zero-order chi connectivity index (χ0) is 9.68. The van der Waals surface area contributed by atoms with Crippen LogP contribution in [0.2, 0.25) is 0 Å². The topological polar surface area (TPSA) is 38.5 Å². The van der Waals surface area contributed by atoms with Crippen LogP contribution in [0.4, 0.5) is 0 Å². The maximum absolute atomic E-state index is 5.86. The molecule has 3 heteroatoms. The summed E-state index contributed by atoms with van der Waals surface area (Å²) in [6, 6.07) is 0.354. The van der Waals surface area contributed by atoms with E-state index in [-0.39, 0.29) is 0 Å². The third-order valence-corrected chi connectivity index (χ3v) is 2.88. The molecule has 0 aromatic heterocycles. The van der Waals surface area contributed by atoms with Gasteiger partial charge in [0.2, 0.25) is 0 Å². The number of ether oxygens (including phenoxy) is 1. The molecule has 1 rings (SSSR count). The minimum absolute atomic E-state index is 0.354. The largest absolute Gasteiger partial charge is 0.385 e. The van der Waals surface area contributed by atoms with Crippen molar-refractivity contribution in [3.63, 3.8) is 0 Å². The Morgan fingerprint density at radius 2 is 2.38 bits per heavy atom. The fraction of sp³-hybridized carbons (Fsp3) is 1.00. The van der Waals surface area contributed by atoms with E-state index in [2.05, 4.69) is 11.8 Å². The second-order valence-electron chi connectivity index (χ2n) is 4.05. The SMILES string of the molecule is COCCCN1CCC(C(C)N)C1. The minimum Gasteiger partial charge on any atom is -0.385 e. The highest BCUT2D eigenvalue weighted by atomic mass is 16.5. The number of hydrogen-bond donors (Lipinski definition) is 1. The third-order valence-electron chi connectivity index (χ3n) is 2.88. The highest BCUT2D eigenvalue weighted by molar-refractivity contribution is 4.80. The molecule has 78 valence electrons. The number of rotatable bonds is 5. The lowest BCUT2D eigenvalue weighted by Gasteiger charge is -2.17. The van der Waals surface area contributed by atoms with E-state index in [1.165, 1.54) is 19.5 Å². The Labute approximate surface area is 81.2 Å². The van der Waals surface area contributed by atoms with Gasteiger partial charge in [0.25, 0.3) is 0 Å². The Hall–Kier alpha value is -0.120. The molecule has 1 fully saturated rings. The van der Waals surface area contributed by atoms with Gasteiger partial charge in [-0.05, 0) is 32.2 Å². The third kappa shape index (κ3) is 3.63. The second kappa shape index (κ2) is 5.58. The lowest BCUT2D eigenvalue weighted by atomic mass is 10.0. The van der Waals surface area contributed by atoms with E-state index in [4.69, 9.17) is 10.5 Å². The van der Waals surface area contributed by atoms with E-state index in [9.17, 15) is 0 Å². The van der Waals surface area contributed by atoms with Gasteiger partial charge < -0.3 is 15.4 Å². The molecule has 0 aliphatic carbocycles. The number of hydrogen-bond acceptors (Lipinski definition) is 3. The van der Waals surface area contributed by atoms with Crippen molar-refractivity contribution in [3.8, 4) is 0 Å². The van der Waals surface area contributed by atoms with Crippen molar-refractivity contribution in [1.29, 1.82) is 0 Å². The quantitative estimate of drug-likeness (QED) is 0.642. The van der Waals surface area contributed by atoms with Gasteiger partial charge in [0.15, 0.2) is 0 Å². The molecule has 0 radical (unpaired) electrons. The molecule has 1 aliphatic heterocycles. The van der Waals surface area contributed by atoms with Crippen LogP contribution in [0.1, 0.15) is 19.8 Å². The molecule has 1 aliphatic rings.